The molecule has 1 amide bonds. The summed E-state index contributed by atoms with van der Waals surface area (Å²) in [5.41, 5.74) is 1.73. The number of amides is 1. The van der Waals surface area contributed by atoms with Gasteiger partial charge in [-0.3, -0.25) is 4.79 Å². The molecule has 2 heterocycles. The van der Waals surface area contributed by atoms with Crippen LogP contribution in [0.4, 0.5) is 5.69 Å². The van der Waals surface area contributed by atoms with Gasteiger partial charge >= 0.3 is 0 Å². The summed E-state index contributed by atoms with van der Waals surface area (Å²) in [7, 11) is 0. The zero-order chi connectivity index (χ0) is 17.1. The van der Waals surface area contributed by atoms with Crippen LogP contribution in [-0.2, 0) is 6.54 Å². The smallest absolute Gasteiger partial charge is 0.254 e. The van der Waals surface area contributed by atoms with Gasteiger partial charge in [0, 0.05) is 34.1 Å². The van der Waals surface area contributed by atoms with Crippen molar-refractivity contribution < 1.29 is 4.79 Å². The third kappa shape index (κ3) is 3.70. The molecule has 1 aromatic carbocycles. The number of aryl methyl sites for hydroxylation is 1. The number of hydrogen-bond donors (Lipinski definition) is 1. The molecule has 1 aromatic heterocycles. The quantitative estimate of drug-likeness (QED) is 0.800. The number of carbonyl (C=O) groups is 1. The second kappa shape index (κ2) is 7.22. The van der Waals surface area contributed by atoms with Crippen LogP contribution in [0, 0.1) is 12.8 Å². The van der Waals surface area contributed by atoms with Gasteiger partial charge in [0.2, 0.25) is 0 Å². The van der Waals surface area contributed by atoms with Crippen LogP contribution in [0.5, 0.6) is 0 Å². The van der Waals surface area contributed by atoms with E-state index in [0.717, 1.165) is 17.8 Å². The van der Waals surface area contributed by atoms with Crippen LogP contribution < -0.4 is 5.32 Å². The molecule has 0 spiro atoms. The SMILES string of the molecule is Cc1ccc(CNc2cccc(C(=O)N3CC=C[C@H]3C(C)C)c2)s1. The fourth-order valence-electron chi connectivity index (χ4n) is 3.04. The molecule has 0 aliphatic carbocycles. The van der Waals surface area contributed by atoms with Gasteiger partial charge in [0.05, 0.1) is 6.04 Å². The highest BCUT2D eigenvalue weighted by Gasteiger charge is 2.27. The number of benzene rings is 1. The largest absolute Gasteiger partial charge is 0.380 e. The van der Waals surface area contributed by atoms with Gasteiger partial charge in [-0.2, -0.15) is 0 Å². The Balaban J connectivity index is 1.69. The maximum absolute atomic E-state index is 12.9. The first-order valence-corrected chi connectivity index (χ1v) is 9.23. The fraction of sp³-hybridized carbons (Fsp3) is 0.350. The molecule has 0 bridgehead atoms. The summed E-state index contributed by atoms with van der Waals surface area (Å²) in [6.07, 6.45) is 4.23. The van der Waals surface area contributed by atoms with E-state index in [1.54, 1.807) is 11.3 Å². The molecule has 24 heavy (non-hydrogen) atoms. The van der Waals surface area contributed by atoms with Crippen molar-refractivity contribution >= 4 is 22.9 Å². The highest BCUT2D eigenvalue weighted by molar-refractivity contribution is 7.11. The topological polar surface area (TPSA) is 32.3 Å². The van der Waals surface area contributed by atoms with Crippen LogP contribution in [-0.4, -0.2) is 23.4 Å². The first kappa shape index (κ1) is 16.8. The summed E-state index contributed by atoms with van der Waals surface area (Å²) in [5.74, 6) is 0.533. The lowest BCUT2D eigenvalue weighted by Gasteiger charge is -2.27. The Hall–Kier alpha value is -2.07. The standard InChI is InChI=1S/C20H24N2OS/c1-14(2)19-8-5-11-22(19)20(23)16-6-4-7-17(12-16)21-13-18-10-9-15(3)24-18/h4-10,12,14,19,21H,11,13H2,1-3H3/t19-/m0/s1. The Labute approximate surface area is 148 Å². The molecule has 0 fully saturated rings. The summed E-state index contributed by atoms with van der Waals surface area (Å²) in [6, 6.07) is 12.3. The highest BCUT2D eigenvalue weighted by Crippen LogP contribution is 2.22. The van der Waals surface area contributed by atoms with Gasteiger partial charge in [-0.15, -0.1) is 11.3 Å². The molecule has 126 valence electrons. The second-order valence-electron chi connectivity index (χ2n) is 6.57. The molecule has 1 aliphatic rings. The van der Waals surface area contributed by atoms with Gasteiger partial charge in [-0.1, -0.05) is 32.1 Å². The summed E-state index contributed by atoms with van der Waals surface area (Å²) in [4.78, 5) is 17.4. The normalized spacial score (nSPS) is 16.8. The van der Waals surface area contributed by atoms with Crippen molar-refractivity contribution in [3.63, 3.8) is 0 Å². The Morgan fingerprint density at radius 3 is 2.88 bits per heavy atom. The minimum atomic E-state index is 0.106. The monoisotopic (exact) mass is 340 g/mol. The van der Waals surface area contributed by atoms with Gasteiger partial charge in [-0.05, 0) is 43.2 Å². The summed E-state index contributed by atoms with van der Waals surface area (Å²) in [6.45, 7) is 7.91. The molecule has 0 saturated carbocycles. The van der Waals surface area contributed by atoms with E-state index < -0.39 is 0 Å². The number of hydrogen-bond acceptors (Lipinski definition) is 3. The molecule has 4 heteroatoms. The van der Waals surface area contributed by atoms with Crippen molar-refractivity contribution in [1.82, 2.24) is 4.90 Å². The molecule has 3 rings (SSSR count). The van der Waals surface area contributed by atoms with Crippen LogP contribution in [0.2, 0.25) is 0 Å². The molecular weight excluding hydrogens is 316 g/mol. The van der Waals surface area contributed by atoms with Crippen LogP contribution in [0.15, 0.2) is 48.6 Å². The van der Waals surface area contributed by atoms with E-state index >= 15 is 0 Å². The first-order chi connectivity index (χ1) is 11.5. The molecule has 0 saturated heterocycles. The maximum atomic E-state index is 12.9. The van der Waals surface area contributed by atoms with E-state index in [4.69, 9.17) is 0 Å². The second-order valence-corrected chi connectivity index (χ2v) is 7.94. The third-order valence-electron chi connectivity index (χ3n) is 4.31. The van der Waals surface area contributed by atoms with E-state index in [2.05, 4.69) is 50.4 Å². The fourth-order valence-corrected chi connectivity index (χ4v) is 3.87. The van der Waals surface area contributed by atoms with Gasteiger partial charge in [0.25, 0.3) is 5.91 Å². The molecule has 1 aliphatic heterocycles. The lowest BCUT2D eigenvalue weighted by atomic mass is 10.0. The molecule has 2 aromatic rings. The lowest BCUT2D eigenvalue weighted by Crippen LogP contribution is -2.39. The highest BCUT2D eigenvalue weighted by atomic mass is 32.1. The molecular formula is C20H24N2OS. The Kier molecular flexibility index (Phi) is 5.05. The summed E-state index contributed by atoms with van der Waals surface area (Å²) >= 11 is 1.80. The number of anilines is 1. The van der Waals surface area contributed by atoms with Crippen molar-refractivity contribution in [2.75, 3.05) is 11.9 Å². The average molecular weight is 340 g/mol. The first-order valence-electron chi connectivity index (χ1n) is 8.41. The minimum absolute atomic E-state index is 0.106. The van der Waals surface area contributed by atoms with Crippen molar-refractivity contribution in [1.29, 1.82) is 0 Å². The number of thiophene rings is 1. The Morgan fingerprint density at radius 1 is 1.33 bits per heavy atom. The van der Waals surface area contributed by atoms with Crippen LogP contribution >= 0.6 is 11.3 Å². The van der Waals surface area contributed by atoms with Crippen LogP contribution in [0.3, 0.4) is 0 Å². The van der Waals surface area contributed by atoms with Crippen molar-refractivity contribution in [3.05, 3.63) is 63.9 Å². The predicted molar refractivity (Wildman–Crippen MR) is 102 cm³/mol. The molecule has 1 atom stereocenters. The zero-order valence-corrected chi connectivity index (χ0v) is 15.3. The number of carbonyl (C=O) groups excluding carboxylic acids is 1. The van der Waals surface area contributed by atoms with E-state index in [1.165, 1.54) is 9.75 Å². The van der Waals surface area contributed by atoms with Crippen molar-refractivity contribution in [2.24, 2.45) is 5.92 Å². The molecule has 1 N–H and O–H groups in total. The van der Waals surface area contributed by atoms with Gasteiger partial charge in [0.1, 0.15) is 0 Å². The number of rotatable bonds is 5. The van der Waals surface area contributed by atoms with E-state index in [-0.39, 0.29) is 11.9 Å². The number of nitrogens with one attached hydrogen (secondary N) is 1. The maximum Gasteiger partial charge on any atom is 0.254 e. The predicted octanol–water partition coefficient (Wildman–Crippen LogP) is 4.71. The van der Waals surface area contributed by atoms with Gasteiger partial charge in [0.15, 0.2) is 0 Å². The van der Waals surface area contributed by atoms with Gasteiger partial charge < -0.3 is 10.2 Å². The third-order valence-corrected chi connectivity index (χ3v) is 5.31. The Bertz CT molecular complexity index is 748. The van der Waals surface area contributed by atoms with Crippen molar-refractivity contribution in [2.45, 2.75) is 33.4 Å². The molecule has 0 radical (unpaired) electrons. The van der Waals surface area contributed by atoms with Crippen molar-refractivity contribution in [3.8, 4) is 0 Å². The molecule has 3 nitrogen and oxygen atoms in total. The van der Waals surface area contributed by atoms with Crippen LogP contribution in [0.1, 0.15) is 34.0 Å². The summed E-state index contributed by atoms with van der Waals surface area (Å²) < 4.78 is 0. The van der Waals surface area contributed by atoms with E-state index in [9.17, 15) is 4.79 Å². The summed E-state index contributed by atoms with van der Waals surface area (Å²) in [5, 5.41) is 3.42. The lowest BCUT2D eigenvalue weighted by molar-refractivity contribution is 0.0720. The zero-order valence-electron chi connectivity index (χ0n) is 14.5. The average Bonchev–Trinajstić information content (AvgIpc) is 3.21. The van der Waals surface area contributed by atoms with E-state index in [0.29, 0.717) is 12.5 Å². The Morgan fingerprint density at radius 2 is 2.17 bits per heavy atom. The molecule has 0 unspecified atom stereocenters. The van der Waals surface area contributed by atoms with Gasteiger partial charge in [-0.25, -0.2) is 0 Å². The van der Waals surface area contributed by atoms with Crippen LogP contribution in [0.25, 0.3) is 0 Å². The minimum Gasteiger partial charge on any atom is -0.380 e. The van der Waals surface area contributed by atoms with E-state index in [1.807, 2.05) is 29.2 Å². The number of nitrogens with zero attached hydrogens (tertiary/aromatic N) is 1.